The van der Waals surface area contributed by atoms with Crippen LogP contribution in [0.4, 0.5) is 22.2 Å². The maximum Gasteiger partial charge on any atom is 0.480 e. The van der Waals surface area contributed by atoms with E-state index in [1.807, 2.05) is 0 Å². The molecule has 2 N–H and O–H groups in total. The molecule has 0 radical (unpaired) electrons. The number of halogens is 6. The third-order valence-corrected chi connectivity index (χ3v) is 5.15. The van der Waals surface area contributed by atoms with Crippen molar-refractivity contribution < 1.29 is 38.0 Å². The Balaban J connectivity index is 0. The number of hydrogen-bond donors (Lipinski definition) is 1. The molecule has 0 fully saturated rings. The Hall–Kier alpha value is -2.35. The first-order valence-electron chi connectivity index (χ1n) is 8.89. The molecule has 0 atom stereocenters. The van der Waals surface area contributed by atoms with Gasteiger partial charge in [0.05, 0.1) is 12.4 Å². The van der Waals surface area contributed by atoms with E-state index in [0.29, 0.717) is 15.5 Å². The Labute approximate surface area is 213 Å². The fraction of sp³-hybridized carbons (Fsp3) is 0.250. The number of imidazole rings is 1. The van der Waals surface area contributed by atoms with Crippen molar-refractivity contribution in [2.24, 2.45) is 7.05 Å². The molecule has 0 unspecified atom stereocenters. The maximum absolute atomic E-state index is 12.3. The van der Waals surface area contributed by atoms with Gasteiger partial charge in [0.25, 0.3) is 5.82 Å². The molecule has 0 amide bonds. The number of hydrogen-bond acceptors (Lipinski definition) is 5. The molecule has 0 spiro atoms. The van der Waals surface area contributed by atoms with Crippen LogP contribution in [0, 0.1) is 18.6 Å². The molecule has 0 aliphatic carbocycles. The lowest BCUT2D eigenvalue weighted by Crippen LogP contribution is -2.30. The van der Waals surface area contributed by atoms with Gasteiger partial charge in [-0.1, -0.05) is 27.4 Å². The molecule has 0 saturated heterocycles. The molecule has 2 aromatic carbocycles. The molecular weight excluding hydrogens is 557 g/mol. The van der Waals surface area contributed by atoms with Crippen LogP contribution >= 0.6 is 23.2 Å². The normalized spacial score (nSPS) is 10.3. The van der Waals surface area contributed by atoms with E-state index in [1.54, 1.807) is 7.05 Å². The van der Waals surface area contributed by atoms with Crippen LogP contribution in [-0.4, -0.2) is 26.1 Å². The smallest absolute Gasteiger partial charge is 0.399 e. The van der Waals surface area contributed by atoms with E-state index in [1.165, 1.54) is 54.1 Å². The first-order chi connectivity index (χ1) is 15.6. The average Bonchev–Trinajstić information content (AvgIpc) is 3.06. The third kappa shape index (κ3) is 16.0. The molecule has 0 aliphatic heterocycles. The second-order valence-corrected chi connectivity index (χ2v) is 9.55. The monoisotopic (exact) mass is 582 g/mol. The Morgan fingerprint density at radius 1 is 0.914 bits per heavy atom. The lowest BCUT2D eigenvalue weighted by molar-refractivity contribution is -0.676. The van der Waals surface area contributed by atoms with Gasteiger partial charge in [0, 0.05) is 12.6 Å². The minimum Gasteiger partial charge on any atom is -0.399 e. The summed E-state index contributed by atoms with van der Waals surface area (Å²) in [5.74, 6) is -1.10. The molecule has 15 heteroatoms. The van der Waals surface area contributed by atoms with Gasteiger partial charge in [-0.25, -0.2) is 13.3 Å². The summed E-state index contributed by atoms with van der Waals surface area (Å²) < 4.78 is 91.7. The highest BCUT2D eigenvalue weighted by Gasteiger charge is 2.22. The first kappa shape index (κ1) is 34.8. The van der Waals surface area contributed by atoms with Crippen molar-refractivity contribution in [3.05, 3.63) is 83.9 Å². The number of aryl methyl sites for hydroxylation is 1. The number of anilines is 1. The first-order valence-corrected chi connectivity index (χ1v) is 12.9. The van der Waals surface area contributed by atoms with Crippen molar-refractivity contribution in [1.29, 1.82) is 0 Å². The predicted molar refractivity (Wildman–Crippen MR) is 130 cm³/mol. The van der Waals surface area contributed by atoms with Gasteiger partial charge in [-0.3, -0.25) is 0 Å². The molecular formula is C20H26Cl2F4N3O4S2+. The van der Waals surface area contributed by atoms with Crippen molar-refractivity contribution in [3.63, 3.8) is 0 Å². The molecule has 35 heavy (non-hydrogen) atoms. The SMILES string of the molecule is C.Cc1n(S(=O)(=O)F)cc[n+]1C.ClCCl.Nc1ccc(F)cc1.O=S(=O)(F)Cc1ccc(F)cc1. The Morgan fingerprint density at radius 2 is 1.31 bits per heavy atom. The summed E-state index contributed by atoms with van der Waals surface area (Å²) in [5.41, 5.74) is 6.08. The molecule has 3 rings (SSSR count). The van der Waals surface area contributed by atoms with E-state index < -0.39 is 32.2 Å². The maximum atomic E-state index is 12.3. The van der Waals surface area contributed by atoms with Crippen LogP contribution in [0.15, 0.2) is 60.9 Å². The largest absolute Gasteiger partial charge is 0.480 e. The number of benzene rings is 2. The molecule has 0 bridgehead atoms. The minimum atomic E-state index is -4.62. The zero-order valence-corrected chi connectivity index (χ0v) is 21.0. The van der Waals surface area contributed by atoms with E-state index in [4.69, 9.17) is 28.9 Å². The summed E-state index contributed by atoms with van der Waals surface area (Å²) in [4.78, 5) is 0. The number of rotatable bonds is 3. The van der Waals surface area contributed by atoms with E-state index in [0.717, 1.165) is 18.3 Å². The fourth-order valence-electron chi connectivity index (χ4n) is 2.00. The van der Waals surface area contributed by atoms with Gasteiger partial charge >= 0.3 is 20.6 Å². The second-order valence-electron chi connectivity index (χ2n) is 6.16. The summed E-state index contributed by atoms with van der Waals surface area (Å²) in [6.45, 7) is 1.51. The second kappa shape index (κ2) is 16.3. The van der Waals surface area contributed by atoms with Gasteiger partial charge in [-0.15, -0.1) is 27.1 Å². The van der Waals surface area contributed by atoms with E-state index in [-0.39, 0.29) is 24.1 Å². The van der Waals surface area contributed by atoms with Gasteiger partial charge in [0.1, 0.15) is 29.8 Å². The number of nitrogen functional groups attached to an aromatic ring is 1. The van der Waals surface area contributed by atoms with Crippen molar-refractivity contribution in [3.8, 4) is 0 Å². The Kier molecular flexibility index (Phi) is 16.3. The molecule has 1 heterocycles. The highest BCUT2D eigenvalue weighted by Crippen LogP contribution is 2.08. The third-order valence-electron chi connectivity index (χ3n) is 3.61. The Morgan fingerprint density at radius 3 is 1.57 bits per heavy atom. The zero-order chi connectivity index (χ0) is 26.5. The number of aromatic nitrogens is 2. The summed E-state index contributed by atoms with van der Waals surface area (Å²) in [7, 11) is -7.49. The minimum absolute atomic E-state index is 0. The van der Waals surface area contributed by atoms with Gasteiger partial charge in [-0.05, 0) is 42.0 Å². The topological polar surface area (TPSA) is 103 Å². The van der Waals surface area contributed by atoms with Crippen LogP contribution in [0.3, 0.4) is 0 Å². The van der Waals surface area contributed by atoms with E-state index in [2.05, 4.69) is 0 Å². The van der Waals surface area contributed by atoms with Crippen molar-refractivity contribution in [1.82, 2.24) is 3.97 Å². The standard InChI is InChI=1S/C7H6F2O2S.C6H6FN.C5H8FN2O2S.CH2Cl2.CH4/c8-7-3-1-6(2-4-7)5-12(9,10)11;7-5-1-3-6(8)4-2-5;1-5-7(2)3-4-8(5)11(6,9)10;2-1-3;/h1-4H,5H2;1-4H,8H2;3-4H,1-2H3;1H2;1H4/q;;+1;;. The van der Waals surface area contributed by atoms with Crippen LogP contribution < -0.4 is 10.3 Å². The summed E-state index contributed by atoms with van der Waals surface area (Å²) >= 11 is 9.53. The summed E-state index contributed by atoms with van der Waals surface area (Å²) in [6, 6.07) is 10.3. The van der Waals surface area contributed by atoms with Crippen LogP contribution in [-0.2, 0) is 33.4 Å². The quantitative estimate of drug-likeness (QED) is 0.157. The van der Waals surface area contributed by atoms with Crippen LogP contribution in [0.2, 0.25) is 0 Å². The van der Waals surface area contributed by atoms with Gasteiger partial charge in [-0.2, -0.15) is 16.8 Å². The zero-order valence-electron chi connectivity index (χ0n) is 17.9. The molecule has 7 nitrogen and oxygen atoms in total. The highest BCUT2D eigenvalue weighted by atomic mass is 35.5. The van der Waals surface area contributed by atoms with Gasteiger partial charge in [0.15, 0.2) is 0 Å². The van der Waals surface area contributed by atoms with Crippen LogP contribution in [0.5, 0.6) is 0 Å². The van der Waals surface area contributed by atoms with Gasteiger partial charge < -0.3 is 5.73 Å². The number of alkyl halides is 2. The molecule has 1 aromatic heterocycles. The highest BCUT2D eigenvalue weighted by molar-refractivity contribution is 7.85. The van der Waals surface area contributed by atoms with E-state index in [9.17, 15) is 33.4 Å². The molecule has 0 aliphatic rings. The number of nitrogens with two attached hydrogens (primary N) is 1. The lowest BCUT2D eigenvalue weighted by atomic mass is 10.2. The van der Waals surface area contributed by atoms with Crippen molar-refractivity contribution in [2.75, 3.05) is 11.1 Å². The summed E-state index contributed by atoms with van der Waals surface area (Å²) in [5, 5.41) is 0.194. The van der Waals surface area contributed by atoms with Crippen LogP contribution in [0.1, 0.15) is 18.8 Å². The predicted octanol–water partition coefficient (Wildman–Crippen LogP) is 4.77. The Bertz CT molecular complexity index is 1200. The van der Waals surface area contributed by atoms with Crippen LogP contribution in [0.25, 0.3) is 0 Å². The van der Waals surface area contributed by atoms with Crippen molar-refractivity contribution >= 4 is 49.5 Å². The van der Waals surface area contributed by atoms with Gasteiger partial charge in [0.2, 0.25) is 0 Å². The van der Waals surface area contributed by atoms with Crippen molar-refractivity contribution in [2.45, 2.75) is 20.1 Å². The average molecular weight is 583 g/mol. The number of nitrogens with zero attached hydrogens (tertiary/aromatic N) is 2. The fourth-order valence-corrected chi connectivity index (χ4v) is 3.24. The lowest BCUT2D eigenvalue weighted by Gasteiger charge is -1.95. The summed E-state index contributed by atoms with van der Waals surface area (Å²) in [6.07, 6.45) is 2.62. The molecule has 0 saturated carbocycles. The molecule has 3 aromatic rings. The van der Waals surface area contributed by atoms with E-state index >= 15 is 0 Å². The molecule has 198 valence electrons.